The van der Waals surface area contributed by atoms with Crippen molar-refractivity contribution in [3.8, 4) is 0 Å². The second-order valence-corrected chi connectivity index (χ2v) is 2.63. The second-order valence-electron chi connectivity index (χ2n) is 2.63. The molecule has 0 aliphatic heterocycles. The highest BCUT2D eigenvalue weighted by Crippen LogP contribution is 2.19. The summed E-state index contributed by atoms with van der Waals surface area (Å²) in [4.78, 5) is 11.1. The van der Waals surface area contributed by atoms with Gasteiger partial charge >= 0.3 is 0 Å². The van der Waals surface area contributed by atoms with Gasteiger partial charge in [-0.25, -0.2) is 0 Å². The fourth-order valence-corrected chi connectivity index (χ4v) is 1.27. The van der Waals surface area contributed by atoms with Crippen molar-refractivity contribution in [1.29, 1.82) is 0 Å². The highest BCUT2D eigenvalue weighted by atomic mass is 16.1. The lowest BCUT2D eigenvalue weighted by Gasteiger charge is -2.14. The van der Waals surface area contributed by atoms with Gasteiger partial charge in [-0.1, -0.05) is 24.6 Å². The van der Waals surface area contributed by atoms with Crippen molar-refractivity contribution < 1.29 is 4.79 Å². The van der Waals surface area contributed by atoms with E-state index >= 15 is 0 Å². The molecular formula is C9H12O. The molecule has 1 unspecified atom stereocenters. The van der Waals surface area contributed by atoms with E-state index in [-0.39, 0.29) is 11.7 Å². The van der Waals surface area contributed by atoms with E-state index in [9.17, 15) is 4.79 Å². The first kappa shape index (κ1) is 7.26. The third kappa shape index (κ3) is 1.18. The van der Waals surface area contributed by atoms with Gasteiger partial charge in [-0.05, 0) is 19.4 Å². The lowest BCUT2D eigenvalue weighted by molar-refractivity contribution is -0.117. The first-order chi connectivity index (χ1) is 4.75. The number of carbonyl (C=O) groups is 1. The van der Waals surface area contributed by atoms with Gasteiger partial charge in [0, 0.05) is 5.92 Å². The monoisotopic (exact) mass is 136 g/mol. The van der Waals surface area contributed by atoms with Gasteiger partial charge in [0.1, 0.15) is 0 Å². The molecule has 1 heteroatoms. The van der Waals surface area contributed by atoms with Gasteiger partial charge in [0.25, 0.3) is 0 Å². The summed E-state index contributed by atoms with van der Waals surface area (Å²) in [5, 5.41) is 0. The zero-order chi connectivity index (χ0) is 7.56. The molecule has 10 heavy (non-hydrogen) atoms. The molecule has 0 fully saturated rings. The number of hydrogen-bond donors (Lipinski definition) is 0. The third-order valence-electron chi connectivity index (χ3n) is 1.92. The van der Waals surface area contributed by atoms with E-state index in [4.69, 9.17) is 0 Å². The molecule has 1 rings (SSSR count). The molecule has 1 atom stereocenters. The Bertz CT molecular complexity index is 199. The zero-order valence-corrected chi connectivity index (χ0v) is 6.42. The molecular weight excluding hydrogens is 124 g/mol. The number of allylic oxidation sites excluding steroid dienone is 4. The zero-order valence-electron chi connectivity index (χ0n) is 6.42. The first-order valence-electron chi connectivity index (χ1n) is 3.64. The average Bonchev–Trinajstić information content (AvgIpc) is 1.88. The molecule has 54 valence electrons. The van der Waals surface area contributed by atoms with Crippen LogP contribution in [-0.4, -0.2) is 5.78 Å². The highest BCUT2D eigenvalue weighted by Gasteiger charge is 2.16. The smallest absolute Gasteiger partial charge is 0.162 e. The van der Waals surface area contributed by atoms with Crippen LogP contribution in [0.5, 0.6) is 0 Å². The standard InChI is InChI=1S/C9H12O/c1-3-8-7(2)5-4-6-9(8)10/h4-6,8H,3H2,1-2H3. The van der Waals surface area contributed by atoms with Crippen LogP contribution in [0.4, 0.5) is 0 Å². The topological polar surface area (TPSA) is 17.1 Å². The van der Waals surface area contributed by atoms with Crippen LogP contribution < -0.4 is 0 Å². The molecule has 1 nitrogen and oxygen atoms in total. The van der Waals surface area contributed by atoms with E-state index in [1.54, 1.807) is 6.08 Å². The minimum Gasteiger partial charge on any atom is -0.294 e. The van der Waals surface area contributed by atoms with Crippen LogP contribution in [0.3, 0.4) is 0 Å². The summed E-state index contributed by atoms with van der Waals surface area (Å²) in [6, 6.07) is 0. The minimum atomic E-state index is 0.157. The predicted molar refractivity (Wildman–Crippen MR) is 41.7 cm³/mol. The maximum Gasteiger partial charge on any atom is 0.162 e. The molecule has 0 radical (unpaired) electrons. The van der Waals surface area contributed by atoms with E-state index in [0.29, 0.717) is 0 Å². The van der Waals surface area contributed by atoms with Crippen molar-refractivity contribution in [2.24, 2.45) is 5.92 Å². The third-order valence-corrected chi connectivity index (χ3v) is 1.92. The van der Waals surface area contributed by atoms with Crippen molar-refractivity contribution in [2.45, 2.75) is 20.3 Å². The van der Waals surface area contributed by atoms with Crippen LogP contribution in [-0.2, 0) is 4.79 Å². The van der Waals surface area contributed by atoms with Crippen LogP contribution in [0.25, 0.3) is 0 Å². The molecule has 0 heterocycles. The molecule has 0 bridgehead atoms. The van der Waals surface area contributed by atoms with Gasteiger partial charge in [0.15, 0.2) is 5.78 Å². The summed E-state index contributed by atoms with van der Waals surface area (Å²) in [7, 11) is 0. The summed E-state index contributed by atoms with van der Waals surface area (Å²) in [5.74, 6) is 0.410. The minimum absolute atomic E-state index is 0.157. The van der Waals surface area contributed by atoms with Gasteiger partial charge in [0.05, 0.1) is 0 Å². The summed E-state index contributed by atoms with van der Waals surface area (Å²) < 4.78 is 0. The van der Waals surface area contributed by atoms with Crippen LogP contribution >= 0.6 is 0 Å². The molecule has 0 N–H and O–H groups in total. The van der Waals surface area contributed by atoms with E-state index in [0.717, 1.165) is 6.42 Å². The summed E-state index contributed by atoms with van der Waals surface area (Å²) >= 11 is 0. The molecule has 0 aromatic rings. The Kier molecular flexibility index (Phi) is 2.05. The van der Waals surface area contributed by atoms with Gasteiger partial charge in [-0.15, -0.1) is 0 Å². The van der Waals surface area contributed by atoms with Crippen molar-refractivity contribution in [2.75, 3.05) is 0 Å². The predicted octanol–water partition coefficient (Wildman–Crippen LogP) is 2.10. The van der Waals surface area contributed by atoms with Crippen LogP contribution in [0.15, 0.2) is 23.8 Å². The van der Waals surface area contributed by atoms with Gasteiger partial charge in [-0.3, -0.25) is 4.79 Å². The van der Waals surface area contributed by atoms with Crippen LogP contribution in [0, 0.1) is 5.92 Å². The fraction of sp³-hybridized carbons (Fsp3) is 0.444. The van der Waals surface area contributed by atoms with Gasteiger partial charge in [0.2, 0.25) is 0 Å². The number of hydrogen-bond acceptors (Lipinski definition) is 1. The lowest BCUT2D eigenvalue weighted by atomic mass is 9.89. The van der Waals surface area contributed by atoms with E-state index in [1.165, 1.54) is 5.57 Å². The van der Waals surface area contributed by atoms with Gasteiger partial charge < -0.3 is 0 Å². The Hall–Kier alpha value is -0.850. The fourth-order valence-electron chi connectivity index (χ4n) is 1.27. The van der Waals surface area contributed by atoms with E-state index < -0.39 is 0 Å². The second kappa shape index (κ2) is 2.82. The summed E-state index contributed by atoms with van der Waals surface area (Å²) in [6.07, 6.45) is 6.41. The van der Waals surface area contributed by atoms with Crippen LogP contribution in [0.1, 0.15) is 20.3 Å². The summed E-state index contributed by atoms with van der Waals surface area (Å²) in [5.41, 5.74) is 1.19. The first-order valence-corrected chi connectivity index (χ1v) is 3.64. The maximum atomic E-state index is 11.1. The van der Waals surface area contributed by atoms with E-state index in [1.807, 2.05) is 26.0 Å². The molecule has 0 aromatic carbocycles. The van der Waals surface area contributed by atoms with Crippen molar-refractivity contribution >= 4 is 5.78 Å². The largest absolute Gasteiger partial charge is 0.294 e. The van der Waals surface area contributed by atoms with Crippen molar-refractivity contribution in [3.63, 3.8) is 0 Å². The molecule has 0 aromatic heterocycles. The van der Waals surface area contributed by atoms with Gasteiger partial charge in [-0.2, -0.15) is 0 Å². The Balaban J connectivity index is 2.81. The summed E-state index contributed by atoms with van der Waals surface area (Å²) in [6.45, 7) is 4.05. The Morgan fingerprint density at radius 2 is 2.30 bits per heavy atom. The maximum absolute atomic E-state index is 11.1. The molecule has 0 saturated heterocycles. The van der Waals surface area contributed by atoms with Crippen LogP contribution in [0.2, 0.25) is 0 Å². The molecule has 1 aliphatic rings. The Labute approximate surface area is 61.4 Å². The quantitative estimate of drug-likeness (QED) is 0.539. The average molecular weight is 136 g/mol. The lowest BCUT2D eigenvalue weighted by Crippen LogP contribution is -2.14. The highest BCUT2D eigenvalue weighted by molar-refractivity contribution is 5.95. The van der Waals surface area contributed by atoms with E-state index in [2.05, 4.69) is 0 Å². The molecule has 0 spiro atoms. The van der Waals surface area contributed by atoms with Crippen molar-refractivity contribution in [3.05, 3.63) is 23.8 Å². The Morgan fingerprint density at radius 1 is 1.60 bits per heavy atom. The number of rotatable bonds is 1. The Morgan fingerprint density at radius 3 is 2.70 bits per heavy atom. The molecule has 0 amide bonds. The normalized spacial score (nSPS) is 24.8. The molecule has 1 aliphatic carbocycles. The van der Waals surface area contributed by atoms with Crippen molar-refractivity contribution in [1.82, 2.24) is 0 Å². The molecule has 0 saturated carbocycles. The SMILES string of the molecule is CCC1C(=O)C=CC=C1C. The number of ketones is 1. The number of carbonyl (C=O) groups excluding carboxylic acids is 1.